The molecule has 0 aromatic rings. The van der Waals surface area contributed by atoms with E-state index in [4.69, 9.17) is 18.6 Å². The van der Waals surface area contributed by atoms with Crippen LogP contribution in [0.5, 0.6) is 0 Å². The van der Waals surface area contributed by atoms with Crippen molar-refractivity contribution in [3.63, 3.8) is 0 Å². The fourth-order valence-electron chi connectivity index (χ4n) is 3.41. The quantitative estimate of drug-likeness (QED) is 0.476. The molecule has 4 fully saturated rings. The number of piperidine rings is 3. The average molecular weight is 264 g/mol. The zero-order chi connectivity index (χ0) is 12.5. The summed E-state index contributed by atoms with van der Waals surface area (Å²) in [7, 11) is 0. The monoisotopic (exact) mass is 264 g/mol. The van der Waals surface area contributed by atoms with Crippen molar-refractivity contribution in [2.24, 2.45) is 11.8 Å². The number of terminal acetylenes is 1. The van der Waals surface area contributed by atoms with Crippen molar-refractivity contribution in [2.45, 2.75) is 37.8 Å². The van der Waals surface area contributed by atoms with Crippen LogP contribution in [-0.4, -0.2) is 36.8 Å². The Morgan fingerprint density at radius 3 is 2.83 bits per heavy atom. The molecule has 18 heavy (non-hydrogen) atoms. The van der Waals surface area contributed by atoms with Crippen LogP contribution in [0.3, 0.4) is 0 Å². The van der Waals surface area contributed by atoms with Gasteiger partial charge in [0.25, 0.3) is 0 Å². The molecular formula is C14H22N3S+. The van der Waals surface area contributed by atoms with Crippen molar-refractivity contribution < 1.29 is 4.90 Å². The van der Waals surface area contributed by atoms with Gasteiger partial charge in [-0.25, -0.2) is 0 Å². The number of fused-ring (bicyclic) bond motifs is 3. The molecule has 3 N–H and O–H groups in total. The molecular weight excluding hydrogens is 242 g/mol. The first kappa shape index (κ1) is 12.3. The molecule has 4 aliphatic rings. The summed E-state index contributed by atoms with van der Waals surface area (Å²) in [5.41, 5.74) is 0. The second-order valence-corrected chi connectivity index (χ2v) is 6.40. The van der Waals surface area contributed by atoms with Crippen LogP contribution in [0.15, 0.2) is 0 Å². The zero-order valence-electron chi connectivity index (χ0n) is 10.7. The third-order valence-electron chi connectivity index (χ3n) is 4.69. The van der Waals surface area contributed by atoms with Gasteiger partial charge in [-0.1, -0.05) is 5.92 Å². The number of hydrogen-bond donors (Lipinski definition) is 3. The molecule has 1 aliphatic carbocycles. The van der Waals surface area contributed by atoms with Crippen LogP contribution in [-0.2, 0) is 0 Å². The molecule has 0 amide bonds. The van der Waals surface area contributed by atoms with E-state index in [0.717, 1.165) is 24.1 Å². The van der Waals surface area contributed by atoms with Crippen LogP contribution in [0.4, 0.5) is 0 Å². The van der Waals surface area contributed by atoms with Gasteiger partial charge in [-0.2, -0.15) is 0 Å². The molecule has 98 valence electrons. The first-order chi connectivity index (χ1) is 8.76. The molecule has 0 radical (unpaired) electrons. The van der Waals surface area contributed by atoms with Crippen molar-refractivity contribution in [3.8, 4) is 12.3 Å². The maximum absolute atomic E-state index is 5.61. The third kappa shape index (κ3) is 2.62. The Labute approximate surface area is 115 Å². The van der Waals surface area contributed by atoms with E-state index in [0.29, 0.717) is 18.0 Å². The average Bonchev–Trinajstić information content (AvgIpc) is 3.21. The smallest absolute Gasteiger partial charge is 0.166 e. The Morgan fingerprint density at radius 2 is 2.22 bits per heavy atom. The van der Waals surface area contributed by atoms with E-state index >= 15 is 0 Å². The fraction of sp³-hybridized carbons (Fsp3) is 0.786. The third-order valence-corrected chi connectivity index (χ3v) is 4.95. The van der Waals surface area contributed by atoms with E-state index in [1.165, 1.54) is 32.2 Å². The van der Waals surface area contributed by atoms with Gasteiger partial charge in [-0.3, -0.25) is 0 Å². The van der Waals surface area contributed by atoms with Crippen molar-refractivity contribution >= 4 is 17.3 Å². The maximum atomic E-state index is 5.61. The number of hydrogen-bond acceptors (Lipinski definition) is 1. The lowest BCUT2D eigenvalue weighted by Crippen LogP contribution is -3.20. The molecule has 1 unspecified atom stereocenters. The van der Waals surface area contributed by atoms with Gasteiger partial charge in [-0.05, 0) is 31.0 Å². The van der Waals surface area contributed by atoms with Crippen molar-refractivity contribution in [2.75, 3.05) is 19.6 Å². The molecule has 4 atom stereocenters. The number of rotatable bonds is 3. The minimum atomic E-state index is 0.515. The Kier molecular flexibility index (Phi) is 3.45. The largest absolute Gasteiger partial charge is 0.360 e. The van der Waals surface area contributed by atoms with Gasteiger partial charge in [0, 0.05) is 18.9 Å². The highest BCUT2D eigenvalue weighted by Crippen LogP contribution is 2.26. The molecule has 4 rings (SSSR count). The highest BCUT2D eigenvalue weighted by molar-refractivity contribution is 7.80. The Balaban J connectivity index is 1.46. The Bertz CT molecular complexity index is 372. The summed E-state index contributed by atoms with van der Waals surface area (Å²) in [6.45, 7) is 3.45. The summed E-state index contributed by atoms with van der Waals surface area (Å²) < 4.78 is 0. The Hall–Kier alpha value is -0.790. The SMILES string of the molecule is C#C[C@H]1C[NH+]2CC[C@@H]1C[C@@H]2CNC(=S)NC1CC1. The van der Waals surface area contributed by atoms with E-state index in [9.17, 15) is 0 Å². The molecule has 2 bridgehead atoms. The molecule has 3 heterocycles. The minimum Gasteiger partial charge on any atom is -0.360 e. The summed E-state index contributed by atoms with van der Waals surface area (Å²) in [6, 6.07) is 1.35. The summed E-state index contributed by atoms with van der Waals surface area (Å²) in [4.78, 5) is 1.68. The minimum absolute atomic E-state index is 0.515. The second-order valence-electron chi connectivity index (χ2n) is 6.00. The van der Waals surface area contributed by atoms with Crippen molar-refractivity contribution in [3.05, 3.63) is 0 Å². The fourth-order valence-corrected chi connectivity index (χ4v) is 3.66. The first-order valence-corrected chi connectivity index (χ1v) is 7.52. The van der Waals surface area contributed by atoms with Crippen LogP contribution < -0.4 is 15.5 Å². The standard InChI is InChI=1S/C14H21N3S/c1-2-10-9-17-6-5-11(10)7-13(17)8-15-14(18)16-12-3-4-12/h1,10-13H,3-9H2,(H2,15,16,18)/p+1/t10-,11+,13+/m0/s1. The van der Waals surface area contributed by atoms with Crippen molar-refractivity contribution in [1.29, 1.82) is 0 Å². The van der Waals surface area contributed by atoms with E-state index in [1.807, 2.05) is 0 Å². The Morgan fingerprint density at radius 1 is 1.39 bits per heavy atom. The van der Waals surface area contributed by atoms with Gasteiger partial charge in [0.15, 0.2) is 5.11 Å². The normalized spacial score (nSPS) is 37.9. The molecule has 1 saturated carbocycles. The lowest BCUT2D eigenvalue weighted by molar-refractivity contribution is -0.943. The number of quaternary nitrogens is 1. The van der Waals surface area contributed by atoms with Gasteiger partial charge < -0.3 is 15.5 Å². The van der Waals surface area contributed by atoms with Gasteiger partial charge in [-0.15, -0.1) is 6.42 Å². The van der Waals surface area contributed by atoms with Crippen molar-refractivity contribution in [1.82, 2.24) is 10.6 Å². The van der Waals surface area contributed by atoms with E-state index in [1.54, 1.807) is 4.90 Å². The summed E-state index contributed by atoms with van der Waals surface area (Å²) in [5, 5.41) is 7.57. The second kappa shape index (κ2) is 5.07. The summed E-state index contributed by atoms with van der Waals surface area (Å²) in [6.07, 6.45) is 10.7. The molecule has 3 saturated heterocycles. The predicted octanol–water partition coefficient (Wildman–Crippen LogP) is -0.461. The summed E-state index contributed by atoms with van der Waals surface area (Å²) >= 11 is 5.31. The maximum Gasteiger partial charge on any atom is 0.166 e. The van der Waals surface area contributed by atoms with Gasteiger partial charge in [0.1, 0.15) is 6.04 Å². The van der Waals surface area contributed by atoms with Gasteiger partial charge >= 0.3 is 0 Å². The molecule has 3 nitrogen and oxygen atoms in total. The van der Waals surface area contributed by atoms with E-state index in [2.05, 4.69) is 16.6 Å². The van der Waals surface area contributed by atoms with Crippen LogP contribution in [0.25, 0.3) is 0 Å². The molecule has 0 aromatic heterocycles. The number of thiocarbonyl (C=S) groups is 1. The van der Waals surface area contributed by atoms with E-state index in [-0.39, 0.29) is 0 Å². The van der Waals surface area contributed by atoms with Gasteiger partial charge in [0.2, 0.25) is 0 Å². The van der Waals surface area contributed by atoms with Crippen LogP contribution >= 0.6 is 12.2 Å². The first-order valence-electron chi connectivity index (χ1n) is 7.11. The highest BCUT2D eigenvalue weighted by Gasteiger charge is 2.42. The lowest BCUT2D eigenvalue weighted by Gasteiger charge is -2.45. The predicted molar refractivity (Wildman–Crippen MR) is 76.3 cm³/mol. The summed E-state index contributed by atoms with van der Waals surface area (Å²) in [5.74, 6) is 4.25. The highest BCUT2D eigenvalue weighted by atomic mass is 32.1. The van der Waals surface area contributed by atoms with Crippen LogP contribution in [0.1, 0.15) is 25.7 Å². The van der Waals surface area contributed by atoms with Crippen LogP contribution in [0, 0.1) is 24.2 Å². The molecule has 3 aliphatic heterocycles. The molecule has 0 aromatic carbocycles. The lowest BCUT2D eigenvalue weighted by atomic mass is 9.76. The topological polar surface area (TPSA) is 28.5 Å². The number of nitrogens with one attached hydrogen (secondary N) is 3. The van der Waals surface area contributed by atoms with E-state index < -0.39 is 0 Å². The molecule has 4 heteroatoms. The molecule has 0 spiro atoms. The van der Waals surface area contributed by atoms with Gasteiger partial charge in [0.05, 0.1) is 25.6 Å². The zero-order valence-corrected chi connectivity index (χ0v) is 11.6. The van der Waals surface area contributed by atoms with Crippen LogP contribution in [0.2, 0.25) is 0 Å².